The largest absolute Gasteiger partial charge is 0.488 e. The lowest BCUT2D eigenvalue weighted by molar-refractivity contribution is 0.235. The minimum Gasteiger partial charge on any atom is -0.488 e. The molecular formula is C19H23FIN3O. The molecule has 0 spiro atoms. The van der Waals surface area contributed by atoms with E-state index in [1.165, 1.54) is 5.56 Å². The lowest BCUT2D eigenvalue weighted by Crippen LogP contribution is -2.41. The van der Waals surface area contributed by atoms with Gasteiger partial charge in [-0.25, -0.2) is 4.39 Å². The average Bonchev–Trinajstić information content (AvgIpc) is 3.01. The number of rotatable bonds is 4. The number of para-hydroxylation sites is 1. The maximum atomic E-state index is 13.6. The van der Waals surface area contributed by atoms with E-state index in [-0.39, 0.29) is 35.9 Å². The highest BCUT2D eigenvalue weighted by Crippen LogP contribution is 2.27. The van der Waals surface area contributed by atoms with Crippen LogP contribution in [0.15, 0.2) is 47.5 Å². The third kappa shape index (κ3) is 5.07. The Bertz CT molecular complexity index is 726. The van der Waals surface area contributed by atoms with Crippen molar-refractivity contribution in [3.8, 4) is 5.75 Å². The molecule has 0 aliphatic carbocycles. The van der Waals surface area contributed by atoms with Gasteiger partial charge in [0.2, 0.25) is 0 Å². The van der Waals surface area contributed by atoms with Gasteiger partial charge in [-0.2, -0.15) is 0 Å². The third-order valence-electron chi connectivity index (χ3n) is 4.13. The van der Waals surface area contributed by atoms with Crippen molar-refractivity contribution in [3.05, 3.63) is 65.0 Å². The number of ether oxygens (including phenoxy) is 1. The summed E-state index contributed by atoms with van der Waals surface area (Å²) in [5.41, 5.74) is 2.77. The van der Waals surface area contributed by atoms with Crippen LogP contribution in [-0.4, -0.2) is 25.7 Å². The second-order valence-corrected chi connectivity index (χ2v) is 5.94. The number of nitrogens with zero attached hydrogens (tertiary/aromatic N) is 1. The first-order valence-corrected chi connectivity index (χ1v) is 8.10. The van der Waals surface area contributed by atoms with Crippen LogP contribution in [0.1, 0.15) is 16.7 Å². The predicted octanol–water partition coefficient (Wildman–Crippen LogP) is 3.42. The molecule has 0 radical (unpaired) electrons. The number of halogens is 2. The highest BCUT2D eigenvalue weighted by molar-refractivity contribution is 14.0. The molecule has 25 heavy (non-hydrogen) atoms. The van der Waals surface area contributed by atoms with E-state index < -0.39 is 0 Å². The van der Waals surface area contributed by atoms with E-state index >= 15 is 0 Å². The van der Waals surface area contributed by atoms with Crippen LogP contribution >= 0.6 is 24.0 Å². The highest BCUT2D eigenvalue weighted by Gasteiger charge is 2.22. The summed E-state index contributed by atoms with van der Waals surface area (Å²) in [6.45, 7) is 2.94. The van der Waals surface area contributed by atoms with Gasteiger partial charge in [-0.3, -0.25) is 4.99 Å². The Kier molecular flexibility index (Phi) is 7.04. The first-order chi connectivity index (χ1) is 11.7. The molecule has 2 N–H and O–H groups in total. The van der Waals surface area contributed by atoms with Crippen molar-refractivity contribution in [2.45, 2.75) is 26.0 Å². The van der Waals surface area contributed by atoms with Gasteiger partial charge in [-0.05, 0) is 35.7 Å². The molecule has 1 aliphatic heterocycles. The summed E-state index contributed by atoms with van der Waals surface area (Å²) >= 11 is 0. The van der Waals surface area contributed by atoms with E-state index in [0.717, 1.165) is 17.7 Å². The molecule has 2 aromatic carbocycles. The molecule has 1 atom stereocenters. The van der Waals surface area contributed by atoms with Crippen LogP contribution in [0.4, 0.5) is 4.39 Å². The molecular weight excluding hydrogens is 432 g/mol. The normalized spacial score (nSPS) is 15.8. The molecule has 1 unspecified atom stereocenters. The number of nitrogens with one attached hydrogen (secondary N) is 2. The van der Waals surface area contributed by atoms with Crippen LogP contribution in [0, 0.1) is 12.7 Å². The fraction of sp³-hybridized carbons (Fsp3) is 0.316. The number of hydrogen-bond donors (Lipinski definition) is 2. The zero-order valence-corrected chi connectivity index (χ0v) is 16.7. The lowest BCUT2D eigenvalue weighted by Gasteiger charge is -2.15. The van der Waals surface area contributed by atoms with Crippen LogP contribution in [0.5, 0.6) is 5.75 Å². The fourth-order valence-corrected chi connectivity index (χ4v) is 2.73. The quantitative estimate of drug-likeness (QED) is 0.422. The first kappa shape index (κ1) is 19.5. The molecule has 1 aliphatic rings. The number of guanidine groups is 1. The van der Waals surface area contributed by atoms with Gasteiger partial charge in [-0.15, -0.1) is 24.0 Å². The predicted molar refractivity (Wildman–Crippen MR) is 109 cm³/mol. The topological polar surface area (TPSA) is 45.7 Å². The van der Waals surface area contributed by atoms with Gasteiger partial charge in [0.15, 0.2) is 5.96 Å². The fourth-order valence-electron chi connectivity index (χ4n) is 2.73. The van der Waals surface area contributed by atoms with E-state index in [1.807, 2.05) is 24.3 Å². The van der Waals surface area contributed by atoms with Gasteiger partial charge in [0.1, 0.15) is 17.7 Å². The van der Waals surface area contributed by atoms with Crippen LogP contribution < -0.4 is 15.4 Å². The van der Waals surface area contributed by atoms with Gasteiger partial charge in [0, 0.05) is 20.0 Å². The summed E-state index contributed by atoms with van der Waals surface area (Å²) in [6.07, 6.45) is 0.987. The lowest BCUT2D eigenvalue weighted by atomic mass is 10.1. The monoisotopic (exact) mass is 455 g/mol. The third-order valence-corrected chi connectivity index (χ3v) is 4.13. The highest BCUT2D eigenvalue weighted by atomic mass is 127. The van der Waals surface area contributed by atoms with E-state index in [9.17, 15) is 4.39 Å². The van der Waals surface area contributed by atoms with Crippen LogP contribution in [0.3, 0.4) is 0 Å². The van der Waals surface area contributed by atoms with Crippen LogP contribution in [-0.2, 0) is 13.0 Å². The minimum absolute atomic E-state index is 0. The average molecular weight is 455 g/mol. The molecule has 0 saturated heterocycles. The number of fused-ring (bicyclic) bond motifs is 1. The Morgan fingerprint density at radius 1 is 1.24 bits per heavy atom. The summed E-state index contributed by atoms with van der Waals surface area (Å²) in [5, 5.41) is 6.46. The SMILES string of the molecule is CN=C(NCc1ccc(C)c(F)c1)NCC1Cc2ccccc2O1.I. The van der Waals surface area contributed by atoms with Crippen molar-refractivity contribution < 1.29 is 9.13 Å². The van der Waals surface area contributed by atoms with Gasteiger partial charge in [0.05, 0.1) is 6.54 Å². The summed E-state index contributed by atoms with van der Waals surface area (Å²) in [6, 6.07) is 13.3. The molecule has 0 amide bonds. The zero-order chi connectivity index (χ0) is 16.9. The molecule has 0 saturated carbocycles. The second kappa shape index (κ2) is 9.03. The zero-order valence-electron chi connectivity index (χ0n) is 14.4. The van der Waals surface area contributed by atoms with Crippen molar-refractivity contribution in [1.29, 1.82) is 0 Å². The first-order valence-electron chi connectivity index (χ1n) is 8.10. The Morgan fingerprint density at radius 2 is 2.04 bits per heavy atom. The molecule has 0 fully saturated rings. The molecule has 4 nitrogen and oxygen atoms in total. The number of aliphatic imine (C=N–C) groups is 1. The van der Waals surface area contributed by atoms with Gasteiger partial charge < -0.3 is 15.4 Å². The second-order valence-electron chi connectivity index (χ2n) is 5.94. The van der Waals surface area contributed by atoms with Gasteiger partial charge in [-0.1, -0.05) is 30.3 Å². The van der Waals surface area contributed by atoms with Crippen molar-refractivity contribution in [2.24, 2.45) is 4.99 Å². The molecule has 0 aromatic heterocycles. The van der Waals surface area contributed by atoms with Crippen molar-refractivity contribution in [1.82, 2.24) is 10.6 Å². The minimum atomic E-state index is -0.186. The number of aryl methyl sites for hydroxylation is 1. The number of benzene rings is 2. The van der Waals surface area contributed by atoms with E-state index in [4.69, 9.17) is 4.74 Å². The molecule has 2 aromatic rings. The van der Waals surface area contributed by atoms with Gasteiger partial charge in [0.25, 0.3) is 0 Å². The van der Waals surface area contributed by atoms with Gasteiger partial charge >= 0.3 is 0 Å². The van der Waals surface area contributed by atoms with E-state index in [0.29, 0.717) is 24.6 Å². The Hall–Kier alpha value is -1.83. The molecule has 134 valence electrons. The maximum Gasteiger partial charge on any atom is 0.191 e. The van der Waals surface area contributed by atoms with Crippen molar-refractivity contribution in [3.63, 3.8) is 0 Å². The van der Waals surface area contributed by atoms with Crippen LogP contribution in [0.25, 0.3) is 0 Å². The Balaban J connectivity index is 0.00000225. The summed E-state index contributed by atoms with van der Waals surface area (Å²) in [4.78, 5) is 4.20. The maximum absolute atomic E-state index is 13.6. The Labute approximate surface area is 164 Å². The molecule has 0 bridgehead atoms. The summed E-state index contributed by atoms with van der Waals surface area (Å²) in [7, 11) is 1.72. The van der Waals surface area contributed by atoms with E-state index in [2.05, 4.69) is 21.7 Å². The standard InChI is InChI=1S/C19H22FN3O.HI/c1-13-7-8-14(9-17(13)20)11-22-19(21-2)23-12-16-10-15-5-3-4-6-18(15)24-16;/h3-9,16H,10-12H2,1-2H3,(H2,21,22,23);1H. The van der Waals surface area contributed by atoms with Crippen molar-refractivity contribution >= 4 is 29.9 Å². The summed E-state index contributed by atoms with van der Waals surface area (Å²) < 4.78 is 19.5. The molecule has 3 rings (SSSR count). The van der Waals surface area contributed by atoms with E-state index in [1.54, 1.807) is 26.1 Å². The Morgan fingerprint density at radius 3 is 2.76 bits per heavy atom. The smallest absolute Gasteiger partial charge is 0.191 e. The summed E-state index contributed by atoms with van der Waals surface area (Å²) in [5.74, 6) is 1.45. The number of hydrogen-bond acceptors (Lipinski definition) is 2. The van der Waals surface area contributed by atoms with Crippen molar-refractivity contribution in [2.75, 3.05) is 13.6 Å². The van der Waals surface area contributed by atoms with Crippen LogP contribution in [0.2, 0.25) is 0 Å². The molecule has 6 heteroatoms. The molecule has 1 heterocycles.